The van der Waals surface area contributed by atoms with Gasteiger partial charge in [-0.25, -0.2) is 4.79 Å². The molecule has 0 aliphatic rings. The molecule has 0 atom stereocenters. The van der Waals surface area contributed by atoms with E-state index in [1.807, 2.05) is 0 Å². The first-order valence-corrected chi connectivity index (χ1v) is 8.31. The zero-order valence-corrected chi connectivity index (χ0v) is 16.2. The maximum atomic E-state index is 12.4. The molecule has 0 aliphatic carbocycles. The average molecular weight is 394 g/mol. The highest BCUT2D eigenvalue weighted by molar-refractivity contribution is 6.31. The summed E-state index contributed by atoms with van der Waals surface area (Å²) in [7, 11) is 4.31. The number of halogens is 1. The van der Waals surface area contributed by atoms with E-state index in [4.69, 9.17) is 30.5 Å². The Morgan fingerprint density at radius 3 is 2.15 bits per heavy atom. The van der Waals surface area contributed by atoms with E-state index in [1.165, 1.54) is 21.3 Å². The van der Waals surface area contributed by atoms with Gasteiger partial charge in [-0.3, -0.25) is 4.79 Å². The Morgan fingerprint density at radius 2 is 1.59 bits per heavy atom. The monoisotopic (exact) mass is 393 g/mol. The van der Waals surface area contributed by atoms with Crippen LogP contribution in [0.1, 0.15) is 15.9 Å². The van der Waals surface area contributed by atoms with Crippen LogP contribution in [0.3, 0.4) is 0 Å². The van der Waals surface area contributed by atoms with E-state index in [2.05, 4.69) is 5.32 Å². The summed E-state index contributed by atoms with van der Waals surface area (Å²) in [6.07, 6.45) is 0. The Balaban J connectivity index is 2.09. The zero-order valence-electron chi connectivity index (χ0n) is 15.4. The number of hydrogen-bond donors (Lipinski definition) is 1. The first kappa shape index (κ1) is 20.4. The number of carbonyl (C=O) groups excluding carboxylic acids is 2. The van der Waals surface area contributed by atoms with Crippen LogP contribution in [0.2, 0.25) is 5.02 Å². The smallest absolute Gasteiger partial charge is 0.346 e. The second kappa shape index (κ2) is 9.14. The van der Waals surface area contributed by atoms with Gasteiger partial charge in [-0.15, -0.1) is 0 Å². The summed E-state index contributed by atoms with van der Waals surface area (Å²) in [5.41, 5.74) is 1.30. The quantitative estimate of drug-likeness (QED) is 0.725. The maximum Gasteiger partial charge on any atom is 0.346 e. The number of hydrogen-bond acceptors (Lipinski definition) is 6. The summed E-state index contributed by atoms with van der Waals surface area (Å²) in [5.74, 6) is -0.294. The fourth-order valence-corrected chi connectivity index (χ4v) is 2.53. The molecule has 0 spiro atoms. The topological polar surface area (TPSA) is 83.1 Å². The second-order valence-electron chi connectivity index (χ2n) is 5.46. The van der Waals surface area contributed by atoms with Gasteiger partial charge in [-0.1, -0.05) is 17.7 Å². The summed E-state index contributed by atoms with van der Waals surface area (Å²) in [4.78, 5) is 24.6. The summed E-state index contributed by atoms with van der Waals surface area (Å²) >= 11 is 6.04. The lowest BCUT2D eigenvalue weighted by molar-refractivity contribution is -0.119. The normalized spacial score (nSPS) is 10.1. The first-order chi connectivity index (χ1) is 12.9. The van der Waals surface area contributed by atoms with Gasteiger partial charge in [0, 0.05) is 11.1 Å². The number of amides is 1. The molecule has 0 unspecified atom stereocenters. The van der Waals surface area contributed by atoms with Crippen LogP contribution in [0, 0.1) is 6.92 Å². The number of nitrogens with one attached hydrogen (secondary N) is 1. The Morgan fingerprint density at radius 1 is 1.00 bits per heavy atom. The fourth-order valence-electron chi connectivity index (χ4n) is 2.37. The molecule has 0 saturated carbocycles. The summed E-state index contributed by atoms with van der Waals surface area (Å²) in [6.45, 7) is 1.30. The van der Waals surface area contributed by atoms with Gasteiger partial charge in [-0.05, 0) is 30.7 Å². The van der Waals surface area contributed by atoms with Crippen LogP contribution in [0.25, 0.3) is 0 Å². The fraction of sp³-hybridized carbons (Fsp3) is 0.263. The molecule has 7 nitrogen and oxygen atoms in total. The minimum atomic E-state index is -0.737. The van der Waals surface area contributed by atoms with Crippen molar-refractivity contribution in [1.29, 1.82) is 0 Å². The Hall–Kier alpha value is -2.93. The van der Waals surface area contributed by atoms with Crippen molar-refractivity contribution < 1.29 is 28.5 Å². The average Bonchev–Trinajstić information content (AvgIpc) is 2.67. The van der Waals surface area contributed by atoms with Crippen molar-refractivity contribution in [2.45, 2.75) is 6.92 Å². The van der Waals surface area contributed by atoms with Crippen molar-refractivity contribution in [3.8, 4) is 17.2 Å². The SMILES string of the molecule is COc1cc(Cl)c(C)cc1NC(=O)COC(=O)c1c(OC)cccc1OC. The Labute approximate surface area is 162 Å². The molecule has 0 heterocycles. The van der Waals surface area contributed by atoms with Crippen molar-refractivity contribution in [3.05, 3.63) is 46.5 Å². The molecule has 0 aliphatic heterocycles. The molecular weight excluding hydrogens is 374 g/mol. The molecular formula is C19H20ClNO6. The minimum Gasteiger partial charge on any atom is -0.496 e. The number of benzene rings is 2. The zero-order chi connectivity index (χ0) is 20.0. The molecule has 2 aromatic carbocycles. The van der Waals surface area contributed by atoms with Crippen LogP contribution in [-0.2, 0) is 9.53 Å². The van der Waals surface area contributed by atoms with Gasteiger partial charge in [0.05, 0.1) is 27.0 Å². The highest BCUT2D eigenvalue weighted by Gasteiger charge is 2.21. The van der Waals surface area contributed by atoms with Crippen LogP contribution >= 0.6 is 11.6 Å². The van der Waals surface area contributed by atoms with E-state index < -0.39 is 18.5 Å². The number of carbonyl (C=O) groups is 2. The lowest BCUT2D eigenvalue weighted by atomic mass is 10.2. The van der Waals surface area contributed by atoms with Gasteiger partial charge in [0.15, 0.2) is 6.61 Å². The van der Waals surface area contributed by atoms with Crippen molar-refractivity contribution in [1.82, 2.24) is 0 Å². The predicted molar refractivity (Wildman–Crippen MR) is 101 cm³/mol. The van der Waals surface area contributed by atoms with Crippen LogP contribution in [0.4, 0.5) is 5.69 Å². The molecule has 0 bridgehead atoms. The van der Waals surface area contributed by atoms with Gasteiger partial charge in [0.25, 0.3) is 5.91 Å². The third-order valence-electron chi connectivity index (χ3n) is 3.72. The number of aryl methyl sites for hydroxylation is 1. The van der Waals surface area contributed by atoms with Gasteiger partial charge >= 0.3 is 5.97 Å². The van der Waals surface area contributed by atoms with Gasteiger partial charge in [0.2, 0.25) is 0 Å². The number of methoxy groups -OCH3 is 3. The molecule has 144 valence electrons. The van der Waals surface area contributed by atoms with E-state index >= 15 is 0 Å². The molecule has 2 rings (SSSR count). The van der Waals surface area contributed by atoms with E-state index in [0.29, 0.717) is 16.5 Å². The Bertz CT molecular complexity index is 830. The molecule has 8 heteroatoms. The van der Waals surface area contributed by atoms with Gasteiger partial charge in [-0.2, -0.15) is 0 Å². The number of esters is 1. The molecule has 1 N–H and O–H groups in total. The van der Waals surface area contributed by atoms with E-state index in [0.717, 1.165) is 5.56 Å². The third kappa shape index (κ3) is 4.83. The number of rotatable bonds is 7. The molecule has 1 amide bonds. The summed E-state index contributed by atoms with van der Waals surface area (Å²) < 4.78 is 20.6. The molecule has 2 aromatic rings. The highest BCUT2D eigenvalue weighted by atomic mass is 35.5. The molecule has 0 fully saturated rings. The summed E-state index contributed by atoms with van der Waals surface area (Å²) in [5, 5.41) is 3.14. The van der Waals surface area contributed by atoms with Crippen molar-refractivity contribution in [2.75, 3.05) is 33.3 Å². The first-order valence-electron chi connectivity index (χ1n) is 7.93. The standard InChI is InChI=1S/C19H20ClNO6/c1-11-8-13(16(26-4)9-12(11)20)21-17(22)10-27-19(23)18-14(24-2)6-5-7-15(18)25-3/h5-9H,10H2,1-4H3,(H,21,22). The predicted octanol–water partition coefficient (Wildman–Crippen LogP) is 3.47. The van der Waals surface area contributed by atoms with Crippen LogP contribution in [0.15, 0.2) is 30.3 Å². The second-order valence-corrected chi connectivity index (χ2v) is 5.87. The Kier molecular flexibility index (Phi) is 6.90. The van der Waals surface area contributed by atoms with Crippen LogP contribution in [0.5, 0.6) is 17.2 Å². The van der Waals surface area contributed by atoms with Crippen LogP contribution < -0.4 is 19.5 Å². The van der Waals surface area contributed by atoms with Crippen molar-refractivity contribution in [3.63, 3.8) is 0 Å². The van der Waals surface area contributed by atoms with E-state index in [1.54, 1.807) is 37.3 Å². The lowest BCUT2D eigenvalue weighted by Gasteiger charge is -2.14. The third-order valence-corrected chi connectivity index (χ3v) is 4.13. The number of ether oxygens (including phenoxy) is 4. The van der Waals surface area contributed by atoms with Gasteiger partial charge in [0.1, 0.15) is 22.8 Å². The largest absolute Gasteiger partial charge is 0.496 e. The van der Waals surface area contributed by atoms with Crippen molar-refractivity contribution in [2.24, 2.45) is 0 Å². The molecule has 27 heavy (non-hydrogen) atoms. The minimum absolute atomic E-state index is 0.107. The van der Waals surface area contributed by atoms with Crippen molar-refractivity contribution >= 4 is 29.2 Å². The maximum absolute atomic E-state index is 12.4. The molecule has 0 radical (unpaired) electrons. The number of anilines is 1. The highest BCUT2D eigenvalue weighted by Crippen LogP contribution is 2.31. The van der Waals surface area contributed by atoms with Crippen LogP contribution in [-0.4, -0.2) is 39.8 Å². The molecule has 0 aromatic heterocycles. The van der Waals surface area contributed by atoms with E-state index in [9.17, 15) is 9.59 Å². The summed E-state index contributed by atoms with van der Waals surface area (Å²) in [6, 6.07) is 8.14. The molecule has 0 saturated heterocycles. The lowest BCUT2D eigenvalue weighted by Crippen LogP contribution is -2.21. The van der Waals surface area contributed by atoms with E-state index in [-0.39, 0.29) is 17.1 Å². The van der Waals surface area contributed by atoms with Gasteiger partial charge < -0.3 is 24.3 Å².